The van der Waals surface area contributed by atoms with E-state index >= 15 is 0 Å². The van der Waals surface area contributed by atoms with Gasteiger partial charge in [-0.3, -0.25) is 0 Å². The smallest absolute Gasteiger partial charge is 0.0872 e. The summed E-state index contributed by atoms with van der Waals surface area (Å²) < 4.78 is 1.96. The summed E-state index contributed by atoms with van der Waals surface area (Å²) in [5, 5.41) is 2.07. The molecule has 8 bridgehead atoms. The molecule has 0 aliphatic carbocycles. The molecule has 3 aromatic heterocycles. The Kier molecular flexibility index (Phi) is 4.04. The van der Waals surface area contributed by atoms with E-state index in [0.717, 1.165) is 64.6 Å². The summed E-state index contributed by atoms with van der Waals surface area (Å²) in [5.41, 5.74) is 7.70. The lowest BCUT2D eigenvalue weighted by Crippen LogP contribution is -1.84. The molecule has 30 heavy (non-hydrogen) atoms. The van der Waals surface area contributed by atoms with Crippen molar-refractivity contribution in [2.45, 2.75) is 0 Å². The maximum absolute atomic E-state index is 4.91. The molecular formula is C24H14Br2N4. The Balaban J connectivity index is 1.82. The number of halogens is 2. The Hall–Kier alpha value is -2.96. The minimum absolute atomic E-state index is 0.915. The van der Waals surface area contributed by atoms with Gasteiger partial charge < -0.3 is 9.97 Å². The lowest BCUT2D eigenvalue weighted by Gasteiger charge is -2.02. The van der Waals surface area contributed by atoms with E-state index < -0.39 is 0 Å². The van der Waals surface area contributed by atoms with Crippen LogP contribution in [0.1, 0.15) is 22.8 Å². The zero-order valence-corrected chi connectivity index (χ0v) is 18.8. The molecule has 2 aliphatic rings. The van der Waals surface area contributed by atoms with Crippen LogP contribution in [-0.4, -0.2) is 19.9 Å². The van der Waals surface area contributed by atoms with Crippen molar-refractivity contribution in [3.63, 3.8) is 0 Å². The number of aromatic nitrogens is 4. The quantitative estimate of drug-likeness (QED) is 0.221. The van der Waals surface area contributed by atoms with E-state index in [0.29, 0.717) is 0 Å². The van der Waals surface area contributed by atoms with Crippen molar-refractivity contribution in [1.82, 2.24) is 19.9 Å². The maximum Gasteiger partial charge on any atom is 0.0872 e. The number of aromatic amines is 2. The molecule has 1 aromatic carbocycles. The predicted molar refractivity (Wildman–Crippen MR) is 132 cm³/mol. The molecule has 144 valence electrons. The second-order valence-corrected chi connectivity index (χ2v) is 8.94. The molecule has 0 unspecified atom stereocenters. The first-order valence-electron chi connectivity index (χ1n) is 9.48. The van der Waals surface area contributed by atoms with Gasteiger partial charge in [-0.05, 0) is 105 Å². The molecule has 0 saturated carbocycles. The Morgan fingerprint density at radius 2 is 0.933 bits per heavy atom. The van der Waals surface area contributed by atoms with Crippen LogP contribution in [0.15, 0.2) is 57.5 Å². The van der Waals surface area contributed by atoms with Crippen molar-refractivity contribution in [3.05, 3.63) is 80.3 Å². The molecule has 0 amide bonds. The van der Waals surface area contributed by atoms with Gasteiger partial charge in [0, 0.05) is 30.8 Å². The lowest BCUT2D eigenvalue weighted by molar-refractivity contribution is 1.32. The summed E-state index contributed by atoms with van der Waals surface area (Å²) in [5.74, 6) is 0. The zero-order valence-electron chi connectivity index (χ0n) is 15.6. The summed E-state index contributed by atoms with van der Waals surface area (Å²) in [7, 11) is 0. The van der Waals surface area contributed by atoms with E-state index in [4.69, 9.17) is 9.97 Å². The Morgan fingerprint density at radius 1 is 0.533 bits per heavy atom. The SMILES string of the molecule is Brc1cc2c3nc(c4ccc(ccc5ccc([nH]5)c5nc(c2cc1Br)C=C5)[nH]4)C=C3. The monoisotopic (exact) mass is 516 g/mol. The third-order valence-corrected chi connectivity index (χ3v) is 7.15. The fourth-order valence-electron chi connectivity index (χ4n) is 3.79. The third-order valence-electron chi connectivity index (χ3n) is 5.30. The zero-order chi connectivity index (χ0) is 20.2. The molecular weight excluding hydrogens is 504 g/mol. The molecule has 4 nitrogen and oxygen atoms in total. The van der Waals surface area contributed by atoms with Crippen molar-refractivity contribution in [2.24, 2.45) is 0 Å². The van der Waals surface area contributed by atoms with Crippen LogP contribution in [0, 0.1) is 0 Å². The summed E-state index contributed by atoms with van der Waals surface area (Å²) in [4.78, 5) is 16.7. The van der Waals surface area contributed by atoms with E-state index in [9.17, 15) is 0 Å². The minimum Gasteiger partial charge on any atom is -0.354 e. The number of fused-ring (bicyclic) bond motifs is 13. The molecule has 2 aliphatic heterocycles. The van der Waals surface area contributed by atoms with Gasteiger partial charge in [-0.15, -0.1) is 0 Å². The van der Waals surface area contributed by atoms with Crippen LogP contribution in [0.3, 0.4) is 0 Å². The van der Waals surface area contributed by atoms with Crippen LogP contribution in [-0.2, 0) is 0 Å². The fraction of sp³-hybridized carbons (Fsp3) is 0. The minimum atomic E-state index is 0.915. The van der Waals surface area contributed by atoms with Crippen molar-refractivity contribution in [2.75, 3.05) is 0 Å². The van der Waals surface area contributed by atoms with Gasteiger partial charge in [0.2, 0.25) is 0 Å². The van der Waals surface area contributed by atoms with E-state index in [1.165, 1.54) is 0 Å². The van der Waals surface area contributed by atoms with E-state index in [2.05, 4.69) is 103 Å². The van der Waals surface area contributed by atoms with E-state index in [1.807, 2.05) is 12.2 Å². The van der Waals surface area contributed by atoms with Gasteiger partial charge in [0.25, 0.3) is 0 Å². The van der Waals surface area contributed by atoms with Crippen LogP contribution in [0.25, 0.3) is 57.1 Å². The Bertz CT molecular complexity index is 1450. The van der Waals surface area contributed by atoms with Crippen molar-refractivity contribution < 1.29 is 0 Å². The maximum atomic E-state index is 4.91. The highest BCUT2D eigenvalue weighted by Gasteiger charge is 2.12. The van der Waals surface area contributed by atoms with Crippen LogP contribution in [0.4, 0.5) is 0 Å². The average molecular weight is 518 g/mol. The highest BCUT2D eigenvalue weighted by atomic mass is 79.9. The van der Waals surface area contributed by atoms with Gasteiger partial charge in [0.05, 0.1) is 33.8 Å². The van der Waals surface area contributed by atoms with Crippen LogP contribution < -0.4 is 0 Å². The predicted octanol–water partition coefficient (Wildman–Crippen LogP) is 7.33. The molecule has 2 N–H and O–H groups in total. The first-order chi connectivity index (χ1) is 14.6. The second-order valence-electron chi connectivity index (χ2n) is 7.23. The molecule has 6 heteroatoms. The van der Waals surface area contributed by atoms with Crippen LogP contribution in [0.5, 0.6) is 0 Å². The number of hydrogen-bond donors (Lipinski definition) is 2. The summed E-state index contributed by atoms with van der Waals surface area (Å²) >= 11 is 7.29. The normalized spacial score (nSPS) is 12.7. The van der Waals surface area contributed by atoms with Crippen molar-refractivity contribution >= 4 is 89.0 Å². The Morgan fingerprint density at radius 3 is 1.40 bits per heavy atom. The van der Waals surface area contributed by atoms with Crippen molar-refractivity contribution in [1.29, 1.82) is 0 Å². The molecule has 4 aromatic rings. The van der Waals surface area contributed by atoms with Crippen molar-refractivity contribution in [3.8, 4) is 0 Å². The summed E-state index contributed by atoms with van der Waals surface area (Å²) in [6, 6.07) is 16.6. The third kappa shape index (κ3) is 2.95. The fourth-order valence-corrected chi connectivity index (χ4v) is 4.48. The van der Waals surface area contributed by atoms with Gasteiger partial charge in [-0.2, -0.15) is 0 Å². The topological polar surface area (TPSA) is 57.4 Å². The first-order valence-corrected chi connectivity index (χ1v) is 11.1. The number of nitrogens with zero attached hydrogens (tertiary/aromatic N) is 2. The number of benzene rings is 1. The van der Waals surface area contributed by atoms with Crippen LogP contribution >= 0.6 is 31.9 Å². The van der Waals surface area contributed by atoms with Gasteiger partial charge in [0.15, 0.2) is 0 Å². The van der Waals surface area contributed by atoms with Gasteiger partial charge >= 0.3 is 0 Å². The molecule has 0 fully saturated rings. The summed E-state index contributed by atoms with van der Waals surface area (Å²) in [6.07, 6.45) is 8.22. The molecule has 0 saturated heterocycles. The van der Waals surface area contributed by atoms with Gasteiger partial charge in [-0.1, -0.05) is 0 Å². The lowest BCUT2D eigenvalue weighted by atomic mass is 10.1. The number of nitrogens with one attached hydrogen (secondary N) is 2. The van der Waals surface area contributed by atoms with E-state index in [1.54, 1.807) is 0 Å². The van der Waals surface area contributed by atoms with Gasteiger partial charge in [0.1, 0.15) is 0 Å². The first kappa shape index (κ1) is 17.9. The van der Waals surface area contributed by atoms with Crippen LogP contribution in [0.2, 0.25) is 0 Å². The number of hydrogen-bond acceptors (Lipinski definition) is 2. The van der Waals surface area contributed by atoms with E-state index in [-0.39, 0.29) is 0 Å². The molecule has 0 atom stereocenters. The average Bonchev–Trinajstić information content (AvgIpc) is 3.53. The highest BCUT2D eigenvalue weighted by Crippen LogP contribution is 2.33. The number of rotatable bonds is 0. The molecule has 6 rings (SSSR count). The highest BCUT2D eigenvalue weighted by molar-refractivity contribution is 9.13. The molecule has 0 radical (unpaired) electrons. The van der Waals surface area contributed by atoms with Gasteiger partial charge in [-0.25, -0.2) is 9.97 Å². The Labute approximate surface area is 188 Å². The molecule has 5 heterocycles. The second kappa shape index (κ2) is 6.79. The standard InChI is InChI=1S/C24H14Br2N4/c25-17-11-15-16(12-18(17)26)20-8-10-24(30-20)22-6-4-14(28-22)2-1-13-3-5-21(27-13)23-9-7-19(15)29-23/h1-12,27-28H. The number of H-pyrrole nitrogens is 2. The largest absolute Gasteiger partial charge is 0.354 e. The summed E-state index contributed by atoms with van der Waals surface area (Å²) in [6.45, 7) is 0. The molecule has 0 spiro atoms.